The van der Waals surface area contributed by atoms with Gasteiger partial charge in [-0.2, -0.15) is 11.3 Å². The number of carboxylic acid groups (broad SMARTS) is 1. The quantitative estimate of drug-likeness (QED) is 0.924. The number of rotatable bonds is 4. The summed E-state index contributed by atoms with van der Waals surface area (Å²) in [5.41, 5.74) is 0.464. The molecular weight excluding hydrogens is 326 g/mol. The van der Waals surface area contributed by atoms with Crippen molar-refractivity contribution in [1.82, 2.24) is 4.90 Å². The van der Waals surface area contributed by atoms with Gasteiger partial charge in [-0.1, -0.05) is 17.7 Å². The lowest BCUT2D eigenvalue weighted by Crippen LogP contribution is -2.54. The van der Waals surface area contributed by atoms with Gasteiger partial charge < -0.3 is 14.7 Å². The highest BCUT2D eigenvalue weighted by Gasteiger charge is 2.45. The van der Waals surface area contributed by atoms with E-state index >= 15 is 0 Å². The molecular formula is C18H19NO4S. The number of nitrogens with zero attached hydrogens (tertiary/aromatic N) is 1. The van der Waals surface area contributed by atoms with Crippen molar-refractivity contribution >= 4 is 23.2 Å². The first kappa shape index (κ1) is 16.5. The minimum atomic E-state index is -1.28. The lowest BCUT2D eigenvalue weighted by molar-refractivity contribution is -0.159. The van der Waals surface area contributed by atoms with Gasteiger partial charge in [-0.3, -0.25) is 4.79 Å². The van der Waals surface area contributed by atoms with Crippen molar-refractivity contribution in [2.24, 2.45) is 0 Å². The maximum atomic E-state index is 12.4. The van der Waals surface area contributed by atoms with Crippen LogP contribution in [0.4, 0.5) is 0 Å². The summed E-state index contributed by atoms with van der Waals surface area (Å²) >= 11 is 1.47. The molecule has 0 unspecified atom stereocenters. The van der Waals surface area contributed by atoms with E-state index in [0.29, 0.717) is 24.4 Å². The predicted molar refractivity (Wildman–Crippen MR) is 91.6 cm³/mol. The standard InChI is InChI=1S/C18H19NO4S/c1-13-2-4-15(5-3-13)23-18(17(21)22)7-9-19(10-8-18)16(20)14-6-11-24-12-14/h2-6,11-12H,7-10H2,1H3,(H,21,22). The number of benzene rings is 1. The molecule has 1 aliphatic heterocycles. The van der Waals surface area contributed by atoms with Crippen LogP contribution in [-0.4, -0.2) is 40.6 Å². The average molecular weight is 345 g/mol. The Morgan fingerprint density at radius 1 is 1.17 bits per heavy atom. The van der Waals surface area contributed by atoms with Crippen molar-refractivity contribution in [2.75, 3.05) is 13.1 Å². The maximum Gasteiger partial charge on any atom is 0.348 e. The van der Waals surface area contributed by atoms with Crippen molar-refractivity contribution < 1.29 is 19.4 Å². The summed E-state index contributed by atoms with van der Waals surface area (Å²) in [6.07, 6.45) is 0.540. The molecule has 0 saturated carbocycles. The summed E-state index contributed by atoms with van der Waals surface area (Å²) < 4.78 is 5.84. The van der Waals surface area contributed by atoms with Crippen LogP contribution in [0.25, 0.3) is 0 Å². The Hall–Kier alpha value is -2.34. The van der Waals surface area contributed by atoms with Gasteiger partial charge in [0.05, 0.1) is 5.56 Å². The number of amides is 1. The Morgan fingerprint density at radius 3 is 2.38 bits per heavy atom. The van der Waals surface area contributed by atoms with Crippen molar-refractivity contribution in [2.45, 2.75) is 25.4 Å². The van der Waals surface area contributed by atoms with E-state index < -0.39 is 11.6 Å². The minimum absolute atomic E-state index is 0.0504. The van der Waals surface area contributed by atoms with Gasteiger partial charge in [0.2, 0.25) is 5.60 Å². The second-order valence-corrected chi connectivity index (χ2v) is 6.80. The van der Waals surface area contributed by atoms with Crippen LogP contribution >= 0.6 is 11.3 Å². The summed E-state index contributed by atoms with van der Waals surface area (Å²) in [5, 5.41) is 13.4. The highest BCUT2D eigenvalue weighted by Crippen LogP contribution is 2.30. The summed E-state index contributed by atoms with van der Waals surface area (Å²) in [4.78, 5) is 25.9. The largest absolute Gasteiger partial charge is 0.478 e. The SMILES string of the molecule is Cc1ccc(OC2(C(=O)O)CCN(C(=O)c3ccsc3)CC2)cc1. The third-order valence-electron chi connectivity index (χ3n) is 4.35. The highest BCUT2D eigenvalue weighted by atomic mass is 32.1. The molecule has 3 rings (SSSR count). The number of hydrogen-bond acceptors (Lipinski definition) is 4. The number of aryl methyl sites for hydroxylation is 1. The third-order valence-corrected chi connectivity index (χ3v) is 5.03. The summed E-state index contributed by atoms with van der Waals surface area (Å²) in [5.74, 6) is -0.489. The first-order chi connectivity index (χ1) is 11.5. The van der Waals surface area contributed by atoms with Crippen molar-refractivity contribution in [3.63, 3.8) is 0 Å². The third kappa shape index (κ3) is 3.28. The molecule has 1 aliphatic rings. The Labute approximate surface area is 144 Å². The highest BCUT2D eigenvalue weighted by molar-refractivity contribution is 7.08. The molecule has 2 heterocycles. The number of carbonyl (C=O) groups excluding carboxylic acids is 1. The van der Waals surface area contributed by atoms with Crippen molar-refractivity contribution in [3.05, 3.63) is 52.2 Å². The van der Waals surface area contributed by atoms with Gasteiger partial charge in [0.25, 0.3) is 5.91 Å². The number of carbonyl (C=O) groups is 2. The van der Waals surface area contributed by atoms with E-state index in [2.05, 4.69) is 0 Å². The summed E-state index contributed by atoms with van der Waals surface area (Å²) in [6.45, 7) is 2.70. The van der Waals surface area contributed by atoms with E-state index in [1.807, 2.05) is 29.8 Å². The fraction of sp³-hybridized carbons (Fsp3) is 0.333. The van der Waals surface area contributed by atoms with Crippen LogP contribution in [0.15, 0.2) is 41.1 Å². The molecule has 1 aromatic carbocycles. The topological polar surface area (TPSA) is 66.8 Å². The Bertz CT molecular complexity index is 716. The molecule has 1 saturated heterocycles. The molecule has 0 radical (unpaired) electrons. The predicted octanol–water partition coefficient (Wildman–Crippen LogP) is 3.19. The van der Waals surface area contributed by atoms with E-state index in [4.69, 9.17) is 4.74 Å². The van der Waals surface area contributed by atoms with Crippen LogP contribution < -0.4 is 4.74 Å². The normalized spacial score (nSPS) is 16.6. The van der Waals surface area contributed by atoms with Crippen LogP contribution in [0.3, 0.4) is 0 Å². The minimum Gasteiger partial charge on any atom is -0.478 e. The van der Waals surface area contributed by atoms with Crippen molar-refractivity contribution in [1.29, 1.82) is 0 Å². The number of thiophene rings is 1. The van der Waals surface area contributed by atoms with E-state index in [1.165, 1.54) is 11.3 Å². The molecule has 5 nitrogen and oxygen atoms in total. The molecule has 1 aromatic heterocycles. The Morgan fingerprint density at radius 2 is 1.83 bits per heavy atom. The Kier molecular flexibility index (Phi) is 4.57. The van der Waals surface area contributed by atoms with Crippen molar-refractivity contribution in [3.8, 4) is 5.75 Å². The average Bonchev–Trinajstić information content (AvgIpc) is 3.11. The molecule has 1 amide bonds. The zero-order valence-corrected chi connectivity index (χ0v) is 14.2. The zero-order chi connectivity index (χ0) is 17.2. The number of ether oxygens (including phenoxy) is 1. The summed E-state index contributed by atoms with van der Waals surface area (Å²) in [7, 11) is 0. The number of carboxylic acids is 1. The maximum absolute atomic E-state index is 12.4. The van der Waals surface area contributed by atoms with Gasteiger partial charge >= 0.3 is 5.97 Å². The molecule has 0 spiro atoms. The zero-order valence-electron chi connectivity index (χ0n) is 13.4. The van der Waals surface area contributed by atoms with Crippen LogP contribution in [-0.2, 0) is 4.79 Å². The fourth-order valence-corrected chi connectivity index (χ4v) is 3.46. The first-order valence-corrected chi connectivity index (χ1v) is 8.75. The fourth-order valence-electron chi connectivity index (χ4n) is 2.83. The molecule has 2 aromatic rings. The molecule has 1 fully saturated rings. The monoisotopic (exact) mass is 345 g/mol. The van der Waals surface area contributed by atoms with E-state index in [-0.39, 0.29) is 18.7 Å². The molecule has 0 atom stereocenters. The second kappa shape index (κ2) is 6.65. The second-order valence-electron chi connectivity index (χ2n) is 6.02. The molecule has 0 bridgehead atoms. The smallest absolute Gasteiger partial charge is 0.348 e. The molecule has 1 N–H and O–H groups in total. The van der Waals surface area contributed by atoms with Crippen LogP contribution in [0, 0.1) is 6.92 Å². The number of aliphatic carboxylic acids is 1. The summed E-state index contributed by atoms with van der Waals surface area (Å²) in [6, 6.07) is 9.13. The van der Waals surface area contributed by atoms with E-state index in [0.717, 1.165) is 5.56 Å². The molecule has 0 aliphatic carbocycles. The number of piperidine rings is 1. The van der Waals surface area contributed by atoms with Crippen LogP contribution in [0.1, 0.15) is 28.8 Å². The van der Waals surface area contributed by atoms with Gasteiger partial charge in [-0.15, -0.1) is 0 Å². The molecule has 126 valence electrons. The van der Waals surface area contributed by atoms with Gasteiger partial charge in [-0.25, -0.2) is 4.79 Å². The van der Waals surface area contributed by atoms with Gasteiger partial charge in [0.15, 0.2) is 0 Å². The van der Waals surface area contributed by atoms with Crippen LogP contribution in [0.2, 0.25) is 0 Å². The van der Waals surface area contributed by atoms with Gasteiger partial charge in [-0.05, 0) is 30.5 Å². The molecule has 24 heavy (non-hydrogen) atoms. The lowest BCUT2D eigenvalue weighted by atomic mass is 9.90. The first-order valence-electron chi connectivity index (χ1n) is 7.81. The Balaban J connectivity index is 1.71. The van der Waals surface area contributed by atoms with Crippen LogP contribution in [0.5, 0.6) is 5.75 Å². The molecule has 6 heteroatoms. The number of likely N-dealkylation sites (tertiary alicyclic amines) is 1. The lowest BCUT2D eigenvalue weighted by Gasteiger charge is -2.38. The van der Waals surface area contributed by atoms with Gasteiger partial charge in [0.1, 0.15) is 5.75 Å². The van der Waals surface area contributed by atoms with E-state index in [9.17, 15) is 14.7 Å². The number of hydrogen-bond donors (Lipinski definition) is 1. The van der Waals surface area contributed by atoms with Gasteiger partial charge in [0, 0.05) is 31.3 Å². The van der Waals surface area contributed by atoms with E-state index in [1.54, 1.807) is 23.1 Å².